The Labute approximate surface area is 162 Å². The summed E-state index contributed by atoms with van der Waals surface area (Å²) < 4.78 is 10.8. The van der Waals surface area contributed by atoms with Gasteiger partial charge in [-0.3, -0.25) is 4.90 Å². The Kier molecular flexibility index (Phi) is 5.77. The number of fused-ring (bicyclic) bond motifs is 1. The molecule has 0 amide bonds. The zero-order chi connectivity index (χ0) is 18.6. The van der Waals surface area contributed by atoms with E-state index in [1.807, 2.05) is 0 Å². The molecule has 0 spiro atoms. The summed E-state index contributed by atoms with van der Waals surface area (Å²) in [6.45, 7) is 7.09. The van der Waals surface area contributed by atoms with Crippen LogP contribution in [0.3, 0.4) is 0 Å². The number of likely N-dealkylation sites (N-methyl/N-ethyl adjacent to an activating group) is 1. The molecular formula is C23H30N2O2. The molecule has 2 aliphatic heterocycles. The van der Waals surface area contributed by atoms with Gasteiger partial charge in [0.05, 0.1) is 20.3 Å². The standard InChI is InChI=1S/C23H30N2O2/c1-24-16-20-15-18(9-10-25-11-13-27-14-12-25)3-8-22(20)23(17-24)19-4-6-21(26-2)7-5-19/h3-8,15,23H,9-14,16-17H2,1-2H3. The SMILES string of the molecule is COc1ccc(C2CN(C)Cc3cc(CCN4CCOCC4)ccc32)cc1. The zero-order valence-corrected chi connectivity index (χ0v) is 16.5. The van der Waals surface area contributed by atoms with E-state index in [0.717, 1.165) is 58.1 Å². The summed E-state index contributed by atoms with van der Waals surface area (Å²) in [5, 5.41) is 0. The Hall–Kier alpha value is -1.88. The second-order valence-electron chi connectivity index (χ2n) is 7.76. The lowest BCUT2D eigenvalue weighted by atomic mass is 9.84. The Bertz CT molecular complexity index is 753. The summed E-state index contributed by atoms with van der Waals surface area (Å²) in [7, 11) is 3.94. The highest BCUT2D eigenvalue weighted by Gasteiger charge is 2.25. The monoisotopic (exact) mass is 366 g/mol. The zero-order valence-electron chi connectivity index (χ0n) is 16.5. The van der Waals surface area contributed by atoms with Gasteiger partial charge in [0.15, 0.2) is 0 Å². The number of hydrogen-bond donors (Lipinski definition) is 0. The van der Waals surface area contributed by atoms with Crippen LogP contribution in [0.25, 0.3) is 0 Å². The highest BCUT2D eigenvalue weighted by Crippen LogP contribution is 2.34. The molecule has 0 aliphatic carbocycles. The summed E-state index contributed by atoms with van der Waals surface area (Å²) in [6.07, 6.45) is 1.12. The van der Waals surface area contributed by atoms with Crippen LogP contribution in [0.5, 0.6) is 5.75 Å². The number of methoxy groups -OCH3 is 1. The average Bonchev–Trinajstić information content (AvgIpc) is 2.72. The van der Waals surface area contributed by atoms with Crippen molar-refractivity contribution < 1.29 is 9.47 Å². The van der Waals surface area contributed by atoms with Crippen molar-refractivity contribution in [3.05, 3.63) is 64.7 Å². The second-order valence-corrected chi connectivity index (χ2v) is 7.76. The van der Waals surface area contributed by atoms with Crippen molar-refractivity contribution >= 4 is 0 Å². The first-order valence-electron chi connectivity index (χ1n) is 9.97. The largest absolute Gasteiger partial charge is 0.497 e. The van der Waals surface area contributed by atoms with Gasteiger partial charge < -0.3 is 14.4 Å². The van der Waals surface area contributed by atoms with E-state index in [9.17, 15) is 0 Å². The minimum atomic E-state index is 0.429. The van der Waals surface area contributed by atoms with Crippen LogP contribution in [0.4, 0.5) is 0 Å². The maximum absolute atomic E-state index is 5.45. The normalized spacial score (nSPS) is 21.0. The van der Waals surface area contributed by atoms with E-state index in [4.69, 9.17) is 9.47 Å². The topological polar surface area (TPSA) is 24.9 Å². The van der Waals surface area contributed by atoms with Crippen molar-refractivity contribution in [1.29, 1.82) is 0 Å². The summed E-state index contributed by atoms with van der Waals surface area (Å²) in [5.74, 6) is 1.35. The van der Waals surface area contributed by atoms with E-state index in [-0.39, 0.29) is 0 Å². The van der Waals surface area contributed by atoms with Gasteiger partial charge >= 0.3 is 0 Å². The van der Waals surface area contributed by atoms with Gasteiger partial charge in [0.25, 0.3) is 0 Å². The molecule has 2 aliphatic rings. The molecule has 0 saturated carbocycles. The molecule has 1 unspecified atom stereocenters. The van der Waals surface area contributed by atoms with Crippen LogP contribution in [0.15, 0.2) is 42.5 Å². The van der Waals surface area contributed by atoms with Gasteiger partial charge in [0.1, 0.15) is 5.75 Å². The van der Waals surface area contributed by atoms with E-state index in [0.29, 0.717) is 5.92 Å². The van der Waals surface area contributed by atoms with Crippen molar-refractivity contribution in [3.8, 4) is 5.75 Å². The van der Waals surface area contributed by atoms with Crippen molar-refractivity contribution in [3.63, 3.8) is 0 Å². The van der Waals surface area contributed by atoms with E-state index < -0.39 is 0 Å². The Morgan fingerprint density at radius 2 is 1.85 bits per heavy atom. The average molecular weight is 367 g/mol. The van der Waals surface area contributed by atoms with E-state index in [2.05, 4.69) is 59.3 Å². The highest BCUT2D eigenvalue weighted by atomic mass is 16.5. The van der Waals surface area contributed by atoms with Crippen LogP contribution in [0.2, 0.25) is 0 Å². The fraction of sp³-hybridized carbons (Fsp3) is 0.478. The molecule has 0 bridgehead atoms. The second kappa shape index (κ2) is 8.42. The van der Waals surface area contributed by atoms with Crippen molar-refractivity contribution in [2.24, 2.45) is 0 Å². The van der Waals surface area contributed by atoms with Crippen LogP contribution in [0, 0.1) is 0 Å². The first-order chi connectivity index (χ1) is 13.2. The maximum atomic E-state index is 5.45. The summed E-state index contributed by atoms with van der Waals surface area (Å²) in [4.78, 5) is 4.94. The summed E-state index contributed by atoms with van der Waals surface area (Å²) in [6, 6.07) is 15.7. The molecule has 1 fully saturated rings. The Morgan fingerprint density at radius 3 is 2.59 bits per heavy atom. The number of ether oxygens (including phenoxy) is 2. The van der Waals surface area contributed by atoms with Crippen molar-refractivity contribution in [2.45, 2.75) is 18.9 Å². The van der Waals surface area contributed by atoms with Gasteiger partial charge in [-0.15, -0.1) is 0 Å². The molecule has 4 nitrogen and oxygen atoms in total. The highest BCUT2D eigenvalue weighted by molar-refractivity contribution is 5.43. The Morgan fingerprint density at radius 1 is 1.07 bits per heavy atom. The molecule has 2 heterocycles. The van der Waals surface area contributed by atoms with Crippen molar-refractivity contribution in [1.82, 2.24) is 9.80 Å². The number of nitrogens with zero attached hydrogens (tertiary/aromatic N) is 2. The minimum absolute atomic E-state index is 0.429. The molecule has 0 radical (unpaired) electrons. The molecule has 4 heteroatoms. The van der Waals surface area contributed by atoms with Gasteiger partial charge in [-0.2, -0.15) is 0 Å². The van der Waals surface area contributed by atoms with Gasteiger partial charge in [-0.1, -0.05) is 30.3 Å². The fourth-order valence-electron chi connectivity index (χ4n) is 4.29. The van der Waals surface area contributed by atoms with Gasteiger partial charge in [0.2, 0.25) is 0 Å². The first-order valence-corrected chi connectivity index (χ1v) is 9.97. The molecule has 0 aromatic heterocycles. The van der Waals surface area contributed by atoms with E-state index in [1.54, 1.807) is 7.11 Å². The van der Waals surface area contributed by atoms with Crippen molar-refractivity contribution in [2.75, 3.05) is 53.6 Å². The molecule has 0 N–H and O–H groups in total. The molecular weight excluding hydrogens is 336 g/mol. The fourth-order valence-corrected chi connectivity index (χ4v) is 4.29. The molecule has 4 rings (SSSR count). The van der Waals surface area contributed by atoms with Crippen LogP contribution < -0.4 is 4.74 Å². The van der Waals surface area contributed by atoms with Crippen LogP contribution >= 0.6 is 0 Å². The quantitative estimate of drug-likeness (QED) is 0.812. The lowest BCUT2D eigenvalue weighted by Gasteiger charge is -2.33. The summed E-state index contributed by atoms with van der Waals surface area (Å²) in [5.41, 5.74) is 5.77. The smallest absolute Gasteiger partial charge is 0.118 e. The molecule has 1 saturated heterocycles. The van der Waals surface area contributed by atoms with Gasteiger partial charge in [0, 0.05) is 38.6 Å². The predicted octanol–water partition coefficient (Wildman–Crippen LogP) is 3.15. The third-order valence-corrected chi connectivity index (χ3v) is 5.86. The van der Waals surface area contributed by atoms with Crippen LogP contribution in [-0.4, -0.2) is 63.4 Å². The molecule has 1 atom stereocenters. The number of hydrogen-bond acceptors (Lipinski definition) is 4. The number of morpholine rings is 1. The maximum Gasteiger partial charge on any atom is 0.118 e. The van der Waals surface area contributed by atoms with Crippen LogP contribution in [0.1, 0.15) is 28.2 Å². The predicted molar refractivity (Wildman–Crippen MR) is 109 cm³/mol. The lowest BCUT2D eigenvalue weighted by molar-refractivity contribution is 0.0384. The molecule has 2 aromatic rings. The third kappa shape index (κ3) is 4.34. The molecule has 27 heavy (non-hydrogen) atoms. The minimum Gasteiger partial charge on any atom is -0.497 e. The first kappa shape index (κ1) is 18.5. The molecule has 2 aromatic carbocycles. The summed E-state index contributed by atoms with van der Waals surface area (Å²) >= 11 is 0. The number of benzene rings is 2. The van der Waals surface area contributed by atoms with Gasteiger partial charge in [-0.05, 0) is 47.9 Å². The lowest BCUT2D eigenvalue weighted by Crippen LogP contribution is -2.37. The third-order valence-electron chi connectivity index (χ3n) is 5.86. The van der Waals surface area contributed by atoms with E-state index >= 15 is 0 Å². The Balaban J connectivity index is 1.51. The molecule has 144 valence electrons. The van der Waals surface area contributed by atoms with Crippen LogP contribution in [-0.2, 0) is 17.7 Å². The van der Waals surface area contributed by atoms with Gasteiger partial charge in [-0.25, -0.2) is 0 Å². The number of rotatable bonds is 5. The van der Waals surface area contributed by atoms with E-state index in [1.165, 1.54) is 22.3 Å².